The zero-order valence-corrected chi connectivity index (χ0v) is 15.0. The van der Waals surface area contributed by atoms with E-state index in [1.807, 2.05) is 31.2 Å². The Bertz CT molecular complexity index is 906. The Kier molecular flexibility index (Phi) is 5.55. The summed E-state index contributed by atoms with van der Waals surface area (Å²) in [5, 5.41) is 13.9. The zero-order chi connectivity index (χ0) is 19.2. The molecule has 138 valence electrons. The van der Waals surface area contributed by atoms with Gasteiger partial charge in [0.25, 0.3) is 5.91 Å². The van der Waals surface area contributed by atoms with Crippen molar-refractivity contribution in [2.24, 2.45) is 0 Å². The molecule has 1 unspecified atom stereocenters. The minimum absolute atomic E-state index is 0.0496. The summed E-state index contributed by atoms with van der Waals surface area (Å²) in [5.74, 6) is -0.678. The molecule has 0 bridgehead atoms. The summed E-state index contributed by atoms with van der Waals surface area (Å²) in [6, 6.07) is 14.0. The van der Waals surface area contributed by atoms with Gasteiger partial charge in [0.2, 0.25) is 0 Å². The molecule has 0 radical (unpaired) electrons. The Hall–Kier alpha value is -3.55. The van der Waals surface area contributed by atoms with Crippen LogP contribution in [0.4, 0.5) is 0 Å². The lowest BCUT2D eigenvalue weighted by Gasteiger charge is -2.18. The number of hydrogen-bond donors (Lipinski definition) is 1. The van der Waals surface area contributed by atoms with Gasteiger partial charge in [-0.05, 0) is 47.2 Å². The number of methoxy groups -OCH3 is 1. The topological polar surface area (TPSA) is 99.0 Å². The first-order valence-electron chi connectivity index (χ1n) is 8.34. The van der Waals surface area contributed by atoms with Crippen LogP contribution in [0.5, 0.6) is 0 Å². The summed E-state index contributed by atoms with van der Waals surface area (Å²) in [6.45, 7) is 1.98. The van der Waals surface area contributed by atoms with Crippen molar-refractivity contribution in [1.29, 1.82) is 0 Å². The van der Waals surface area contributed by atoms with E-state index in [4.69, 9.17) is 4.74 Å². The monoisotopic (exact) mass is 365 g/mol. The molecule has 1 amide bonds. The van der Waals surface area contributed by atoms with Crippen molar-refractivity contribution in [2.75, 3.05) is 7.11 Å². The molecule has 0 fully saturated rings. The Morgan fingerprint density at radius 1 is 1.11 bits per heavy atom. The van der Waals surface area contributed by atoms with E-state index in [2.05, 4.69) is 20.8 Å². The van der Waals surface area contributed by atoms with E-state index in [1.54, 1.807) is 24.3 Å². The number of esters is 1. The molecule has 1 N–H and O–H groups in total. The number of tetrazole rings is 1. The summed E-state index contributed by atoms with van der Waals surface area (Å²) in [5.41, 5.74) is 3.14. The predicted molar refractivity (Wildman–Crippen MR) is 97.2 cm³/mol. The number of ether oxygens (including phenoxy) is 1. The number of amides is 1. The molecular weight excluding hydrogens is 346 g/mol. The molecule has 8 nitrogen and oxygen atoms in total. The maximum absolute atomic E-state index is 12.7. The van der Waals surface area contributed by atoms with E-state index in [-0.39, 0.29) is 12.3 Å². The molecular formula is C19H19N5O3. The largest absolute Gasteiger partial charge is 0.469 e. The smallest absolute Gasteiger partial charge is 0.307 e. The minimum atomic E-state index is -0.482. The van der Waals surface area contributed by atoms with Crippen LogP contribution in [0.1, 0.15) is 33.9 Å². The Balaban J connectivity index is 1.77. The number of hydrogen-bond acceptors (Lipinski definition) is 6. The molecule has 1 aromatic heterocycles. The van der Waals surface area contributed by atoms with Crippen LogP contribution < -0.4 is 5.32 Å². The minimum Gasteiger partial charge on any atom is -0.469 e. The Labute approximate surface area is 156 Å². The molecule has 0 aliphatic heterocycles. The Morgan fingerprint density at radius 2 is 1.81 bits per heavy atom. The van der Waals surface area contributed by atoms with E-state index in [1.165, 1.54) is 18.1 Å². The van der Waals surface area contributed by atoms with Gasteiger partial charge >= 0.3 is 5.97 Å². The van der Waals surface area contributed by atoms with Gasteiger partial charge in [0, 0.05) is 5.56 Å². The lowest BCUT2D eigenvalue weighted by atomic mass is 10.0. The van der Waals surface area contributed by atoms with Gasteiger partial charge in [-0.2, -0.15) is 0 Å². The molecule has 0 saturated heterocycles. The number of benzene rings is 2. The second kappa shape index (κ2) is 8.22. The average molecular weight is 365 g/mol. The highest BCUT2D eigenvalue weighted by atomic mass is 16.5. The van der Waals surface area contributed by atoms with Gasteiger partial charge in [0.1, 0.15) is 6.33 Å². The third kappa shape index (κ3) is 4.55. The highest BCUT2D eigenvalue weighted by molar-refractivity contribution is 5.94. The number of nitrogens with one attached hydrogen (secondary N) is 1. The van der Waals surface area contributed by atoms with Crippen molar-refractivity contribution in [3.8, 4) is 5.69 Å². The highest BCUT2D eigenvalue weighted by Crippen LogP contribution is 2.19. The zero-order valence-electron chi connectivity index (χ0n) is 15.0. The van der Waals surface area contributed by atoms with Gasteiger partial charge in [-0.1, -0.05) is 29.8 Å². The van der Waals surface area contributed by atoms with Crippen molar-refractivity contribution in [3.63, 3.8) is 0 Å². The van der Waals surface area contributed by atoms with Crippen LogP contribution in [-0.4, -0.2) is 39.2 Å². The van der Waals surface area contributed by atoms with Gasteiger partial charge in [0.15, 0.2) is 0 Å². The van der Waals surface area contributed by atoms with Gasteiger partial charge in [-0.3, -0.25) is 9.59 Å². The van der Waals surface area contributed by atoms with Crippen molar-refractivity contribution in [1.82, 2.24) is 25.5 Å². The van der Waals surface area contributed by atoms with Crippen LogP contribution in [0, 0.1) is 6.92 Å². The lowest BCUT2D eigenvalue weighted by molar-refractivity contribution is -0.141. The summed E-state index contributed by atoms with van der Waals surface area (Å²) in [6.07, 6.45) is 1.52. The first kappa shape index (κ1) is 18.2. The standard InChI is InChI=1S/C19H19N5O3/c1-13-3-5-14(6-4-13)17(11-18(25)27-2)21-19(26)15-7-9-16(10-8-15)24-12-20-22-23-24/h3-10,12,17H,11H2,1-2H3,(H,21,26). The molecule has 1 atom stereocenters. The van der Waals surface area contributed by atoms with Gasteiger partial charge in [-0.15, -0.1) is 5.10 Å². The van der Waals surface area contributed by atoms with Crippen LogP contribution in [0.25, 0.3) is 5.69 Å². The normalized spacial score (nSPS) is 11.6. The van der Waals surface area contributed by atoms with Gasteiger partial charge in [-0.25, -0.2) is 4.68 Å². The van der Waals surface area contributed by atoms with Gasteiger partial charge < -0.3 is 10.1 Å². The molecule has 1 heterocycles. The quantitative estimate of drug-likeness (QED) is 0.671. The van der Waals surface area contributed by atoms with Crippen LogP contribution in [0.3, 0.4) is 0 Å². The molecule has 0 saturated carbocycles. The van der Waals surface area contributed by atoms with E-state index >= 15 is 0 Å². The van der Waals surface area contributed by atoms with Crippen molar-refractivity contribution in [2.45, 2.75) is 19.4 Å². The number of aromatic nitrogens is 4. The molecule has 3 rings (SSSR count). The maximum atomic E-state index is 12.7. The summed E-state index contributed by atoms with van der Waals surface area (Å²) in [4.78, 5) is 24.4. The van der Waals surface area contributed by atoms with Crippen LogP contribution in [0.15, 0.2) is 54.9 Å². The molecule has 3 aromatic rings. The summed E-state index contributed by atoms with van der Waals surface area (Å²) in [7, 11) is 1.33. The Morgan fingerprint density at radius 3 is 2.41 bits per heavy atom. The van der Waals surface area contributed by atoms with Gasteiger partial charge in [0.05, 0.1) is 25.3 Å². The van der Waals surface area contributed by atoms with Crippen molar-refractivity contribution < 1.29 is 14.3 Å². The van der Waals surface area contributed by atoms with Crippen LogP contribution in [0.2, 0.25) is 0 Å². The van der Waals surface area contributed by atoms with Crippen LogP contribution in [-0.2, 0) is 9.53 Å². The fourth-order valence-corrected chi connectivity index (χ4v) is 2.59. The molecule has 0 aliphatic rings. The third-order valence-electron chi connectivity index (χ3n) is 4.13. The highest BCUT2D eigenvalue weighted by Gasteiger charge is 2.19. The molecule has 0 spiro atoms. The second-order valence-corrected chi connectivity index (χ2v) is 6.02. The lowest BCUT2D eigenvalue weighted by Crippen LogP contribution is -2.30. The molecule has 0 aliphatic carbocycles. The van der Waals surface area contributed by atoms with Crippen molar-refractivity contribution in [3.05, 3.63) is 71.5 Å². The summed E-state index contributed by atoms with van der Waals surface area (Å²) >= 11 is 0. The van der Waals surface area contributed by atoms with E-state index in [0.29, 0.717) is 5.56 Å². The average Bonchev–Trinajstić information content (AvgIpc) is 3.23. The first-order valence-corrected chi connectivity index (χ1v) is 8.34. The fourth-order valence-electron chi connectivity index (χ4n) is 2.59. The molecule has 8 heteroatoms. The van der Waals surface area contributed by atoms with Crippen LogP contribution >= 0.6 is 0 Å². The SMILES string of the molecule is COC(=O)CC(NC(=O)c1ccc(-n2cnnn2)cc1)c1ccc(C)cc1. The van der Waals surface area contributed by atoms with E-state index in [0.717, 1.165) is 16.8 Å². The maximum Gasteiger partial charge on any atom is 0.307 e. The number of carbonyl (C=O) groups excluding carboxylic acids is 2. The van der Waals surface area contributed by atoms with Crippen molar-refractivity contribution >= 4 is 11.9 Å². The number of rotatable bonds is 6. The van der Waals surface area contributed by atoms with E-state index in [9.17, 15) is 9.59 Å². The number of carbonyl (C=O) groups is 2. The first-order chi connectivity index (χ1) is 13.1. The summed E-state index contributed by atoms with van der Waals surface area (Å²) < 4.78 is 6.25. The number of aryl methyl sites for hydroxylation is 1. The number of nitrogens with zero attached hydrogens (tertiary/aromatic N) is 4. The third-order valence-corrected chi connectivity index (χ3v) is 4.13. The predicted octanol–water partition coefficient (Wildman–Crippen LogP) is 2.00. The second-order valence-electron chi connectivity index (χ2n) is 6.02. The van der Waals surface area contributed by atoms with E-state index < -0.39 is 12.0 Å². The fraction of sp³-hybridized carbons (Fsp3) is 0.211. The molecule has 2 aromatic carbocycles. The molecule has 27 heavy (non-hydrogen) atoms.